The predicted molar refractivity (Wildman–Crippen MR) is 82.7 cm³/mol. The van der Waals surface area contributed by atoms with Gasteiger partial charge in [0.05, 0.1) is 6.10 Å². The molecule has 4 saturated carbocycles. The van der Waals surface area contributed by atoms with Gasteiger partial charge in [0.1, 0.15) is 5.78 Å². The van der Waals surface area contributed by atoms with Crippen molar-refractivity contribution in [3.8, 4) is 0 Å². The maximum Gasteiger partial charge on any atom is 0.139 e. The topological polar surface area (TPSA) is 37.3 Å². The van der Waals surface area contributed by atoms with Crippen LogP contribution in [0.1, 0.15) is 71.6 Å². The molecule has 4 fully saturated rings. The Morgan fingerprint density at radius 3 is 2.62 bits per heavy atom. The molecule has 2 heteroatoms. The van der Waals surface area contributed by atoms with E-state index in [4.69, 9.17) is 0 Å². The number of ketones is 1. The fourth-order valence-electron chi connectivity index (χ4n) is 7.01. The minimum atomic E-state index is -0.0541. The molecule has 0 aromatic rings. The smallest absolute Gasteiger partial charge is 0.139 e. The molecule has 2 nitrogen and oxygen atoms in total. The molecule has 4 rings (SSSR count). The first-order chi connectivity index (χ1) is 9.95. The predicted octanol–water partition coefficient (Wildman–Crippen LogP) is 3.96. The van der Waals surface area contributed by atoms with E-state index in [1.165, 1.54) is 25.7 Å². The lowest BCUT2D eigenvalue weighted by Gasteiger charge is -2.60. The minimum Gasteiger partial charge on any atom is -0.393 e. The third-order valence-electron chi connectivity index (χ3n) is 8.35. The quantitative estimate of drug-likeness (QED) is 0.733. The first-order valence-electron chi connectivity index (χ1n) is 9.16. The molecule has 0 radical (unpaired) electrons. The average molecular weight is 290 g/mol. The standard InChI is InChI=1S/C19H30O2/c1-18-9-7-13(20)11-12(18)3-4-14-15-5-6-17(21)19(15,2)10-8-16(14)18/h12-16,20H,3-11H2,1-2H3/t12-,13+,14+,15+,16-,18-,19+/m0/s1. The van der Waals surface area contributed by atoms with Crippen LogP contribution in [-0.2, 0) is 4.79 Å². The number of carbonyl (C=O) groups is 1. The maximum atomic E-state index is 12.4. The Kier molecular flexibility index (Phi) is 3.10. The summed E-state index contributed by atoms with van der Waals surface area (Å²) in [7, 11) is 0. The highest BCUT2D eigenvalue weighted by Gasteiger charge is 2.60. The minimum absolute atomic E-state index is 0.0124. The molecule has 0 unspecified atom stereocenters. The molecule has 21 heavy (non-hydrogen) atoms. The lowest BCUT2D eigenvalue weighted by Crippen LogP contribution is -2.54. The van der Waals surface area contributed by atoms with Crippen molar-refractivity contribution in [1.82, 2.24) is 0 Å². The summed E-state index contributed by atoms with van der Waals surface area (Å²) in [6, 6.07) is 0. The number of fused-ring (bicyclic) bond motifs is 5. The Morgan fingerprint density at radius 1 is 1.00 bits per heavy atom. The van der Waals surface area contributed by atoms with Crippen molar-refractivity contribution >= 4 is 5.78 Å². The number of hydrogen-bond acceptors (Lipinski definition) is 2. The molecule has 0 spiro atoms. The highest BCUT2D eigenvalue weighted by Crippen LogP contribution is 2.65. The Balaban J connectivity index is 1.64. The van der Waals surface area contributed by atoms with E-state index in [-0.39, 0.29) is 11.5 Å². The molecule has 0 heterocycles. The number of carbonyl (C=O) groups excluding carboxylic acids is 1. The van der Waals surface area contributed by atoms with Gasteiger partial charge in [-0.2, -0.15) is 0 Å². The van der Waals surface area contributed by atoms with E-state index in [1.807, 2.05) is 0 Å². The van der Waals surface area contributed by atoms with Gasteiger partial charge in [-0.25, -0.2) is 0 Å². The molecule has 4 aliphatic carbocycles. The van der Waals surface area contributed by atoms with Crippen LogP contribution in [0.3, 0.4) is 0 Å². The fraction of sp³-hybridized carbons (Fsp3) is 0.947. The van der Waals surface area contributed by atoms with Gasteiger partial charge in [-0.05, 0) is 80.5 Å². The van der Waals surface area contributed by atoms with Gasteiger partial charge in [-0.3, -0.25) is 4.79 Å². The number of aliphatic hydroxyl groups excluding tert-OH is 1. The van der Waals surface area contributed by atoms with Crippen LogP contribution in [-0.4, -0.2) is 17.0 Å². The normalized spacial score (nSPS) is 56.5. The summed E-state index contributed by atoms with van der Waals surface area (Å²) in [5.41, 5.74) is 0.452. The molecule has 0 amide bonds. The van der Waals surface area contributed by atoms with E-state index in [0.29, 0.717) is 17.1 Å². The van der Waals surface area contributed by atoms with Crippen molar-refractivity contribution in [2.75, 3.05) is 0 Å². The average Bonchev–Trinajstić information content (AvgIpc) is 2.76. The third-order valence-corrected chi connectivity index (χ3v) is 8.35. The largest absolute Gasteiger partial charge is 0.393 e. The first kappa shape index (κ1) is 14.2. The van der Waals surface area contributed by atoms with Gasteiger partial charge >= 0.3 is 0 Å². The van der Waals surface area contributed by atoms with E-state index in [9.17, 15) is 9.90 Å². The molecule has 0 bridgehead atoms. The summed E-state index contributed by atoms with van der Waals surface area (Å²) in [6.07, 6.45) is 10.1. The van der Waals surface area contributed by atoms with Gasteiger partial charge in [0.2, 0.25) is 0 Å². The van der Waals surface area contributed by atoms with Crippen LogP contribution in [0.4, 0.5) is 0 Å². The van der Waals surface area contributed by atoms with E-state index >= 15 is 0 Å². The van der Waals surface area contributed by atoms with E-state index in [0.717, 1.165) is 49.9 Å². The summed E-state index contributed by atoms with van der Waals surface area (Å²) < 4.78 is 0. The second-order valence-corrected chi connectivity index (χ2v) is 9.00. The summed E-state index contributed by atoms with van der Waals surface area (Å²) in [5, 5.41) is 10.0. The monoisotopic (exact) mass is 290 g/mol. The van der Waals surface area contributed by atoms with Crippen LogP contribution >= 0.6 is 0 Å². The van der Waals surface area contributed by atoms with Crippen molar-refractivity contribution in [1.29, 1.82) is 0 Å². The van der Waals surface area contributed by atoms with Crippen LogP contribution in [0, 0.1) is 34.5 Å². The van der Waals surface area contributed by atoms with E-state index < -0.39 is 0 Å². The lowest BCUT2D eigenvalue weighted by atomic mass is 9.45. The highest BCUT2D eigenvalue weighted by molar-refractivity contribution is 5.87. The van der Waals surface area contributed by atoms with Gasteiger partial charge in [-0.1, -0.05) is 13.8 Å². The van der Waals surface area contributed by atoms with E-state index in [2.05, 4.69) is 13.8 Å². The Hall–Kier alpha value is -0.370. The van der Waals surface area contributed by atoms with Gasteiger partial charge < -0.3 is 5.11 Å². The molecule has 0 aromatic carbocycles. The first-order valence-corrected chi connectivity index (χ1v) is 9.16. The number of aliphatic hydroxyl groups is 1. The molecule has 0 saturated heterocycles. The van der Waals surface area contributed by atoms with Crippen molar-refractivity contribution in [2.24, 2.45) is 34.5 Å². The molecule has 0 aliphatic heterocycles. The van der Waals surface area contributed by atoms with Gasteiger partial charge in [0.25, 0.3) is 0 Å². The zero-order valence-corrected chi connectivity index (χ0v) is 13.6. The zero-order chi connectivity index (χ0) is 14.8. The SMILES string of the molecule is C[C@]12CC[C@@H](O)C[C@@H]1CC[C@@H]1[C@H]3CCC(=O)[C@]3(C)CC[C@@H]12. The van der Waals surface area contributed by atoms with Crippen LogP contribution in [0.15, 0.2) is 0 Å². The molecule has 4 aliphatic rings. The Morgan fingerprint density at radius 2 is 1.81 bits per heavy atom. The molecule has 0 aromatic heterocycles. The van der Waals surface area contributed by atoms with Crippen LogP contribution in [0.2, 0.25) is 0 Å². The van der Waals surface area contributed by atoms with Crippen molar-refractivity contribution < 1.29 is 9.90 Å². The molecule has 7 atom stereocenters. The zero-order valence-electron chi connectivity index (χ0n) is 13.6. The summed E-state index contributed by atoms with van der Waals surface area (Å²) in [5.74, 6) is 3.54. The molecular weight excluding hydrogens is 260 g/mol. The number of Topliss-reactive ketones (excluding diaryl/α,β-unsaturated/α-hetero) is 1. The maximum absolute atomic E-state index is 12.4. The summed E-state index contributed by atoms with van der Waals surface area (Å²) >= 11 is 0. The van der Waals surface area contributed by atoms with Crippen molar-refractivity contribution in [3.63, 3.8) is 0 Å². The molecular formula is C19H30O2. The summed E-state index contributed by atoms with van der Waals surface area (Å²) in [4.78, 5) is 12.4. The Labute approximate surface area is 128 Å². The fourth-order valence-corrected chi connectivity index (χ4v) is 7.01. The van der Waals surface area contributed by atoms with Crippen LogP contribution < -0.4 is 0 Å². The number of rotatable bonds is 0. The van der Waals surface area contributed by atoms with Gasteiger partial charge in [0.15, 0.2) is 0 Å². The Bertz CT molecular complexity index is 458. The summed E-state index contributed by atoms with van der Waals surface area (Å²) in [6.45, 7) is 4.78. The number of hydrogen-bond donors (Lipinski definition) is 1. The van der Waals surface area contributed by atoms with Crippen LogP contribution in [0.25, 0.3) is 0 Å². The third kappa shape index (κ3) is 1.84. The van der Waals surface area contributed by atoms with Crippen LogP contribution in [0.5, 0.6) is 0 Å². The molecule has 118 valence electrons. The molecule has 1 N–H and O–H groups in total. The lowest BCUT2D eigenvalue weighted by molar-refractivity contribution is -0.142. The van der Waals surface area contributed by atoms with Gasteiger partial charge in [0, 0.05) is 11.8 Å². The van der Waals surface area contributed by atoms with Crippen molar-refractivity contribution in [2.45, 2.75) is 77.7 Å². The van der Waals surface area contributed by atoms with Gasteiger partial charge in [-0.15, -0.1) is 0 Å². The second kappa shape index (κ2) is 4.57. The highest BCUT2D eigenvalue weighted by atomic mass is 16.3. The van der Waals surface area contributed by atoms with E-state index in [1.54, 1.807) is 0 Å². The second-order valence-electron chi connectivity index (χ2n) is 9.00. The van der Waals surface area contributed by atoms with Crippen molar-refractivity contribution in [3.05, 3.63) is 0 Å².